The highest BCUT2D eigenvalue weighted by atomic mass is 16.5. The minimum absolute atomic E-state index is 0.343. The fourth-order valence-corrected chi connectivity index (χ4v) is 2.40. The van der Waals surface area contributed by atoms with E-state index in [0.717, 1.165) is 6.42 Å². The molecule has 3 nitrogen and oxygen atoms in total. The minimum atomic E-state index is 0.343. The summed E-state index contributed by atoms with van der Waals surface area (Å²) < 4.78 is 0. The van der Waals surface area contributed by atoms with Crippen LogP contribution in [0.15, 0.2) is 0 Å². The highest BCUT2D eigenvalue weighted by molar-refractivity contribution is 4.92. The molecule has 0 amide bonds. The molecule has 2 heterocycles. The monoisotopic (exact) mass is 156 g/mol. The molecule has 0 aromatic carbocycles. The van der Waals surface area contributed by atoms with Crippen LogP contribution in [0.2, 0.25) is 0 Å². The molecule has 2 saturated heterocycles. The van der Waals surface area contributed by atoms with E-state index in [9.17, 15) is 0 Å². The van der Waals surface area contributed by atoms with Gasteiger partial charge in [0.25, 0.3) is 0 Å². The van der Waals surface area contributed by atoms with Crippen molar-refractivity contribution in [3.63, 3.8) is 0 Å². The first-order valence-corrected chi connectivity index (χ1v) is 4.55. The number of fused-ring (bicyclic) bond motifs is 1. The molecule has 0 aromatic heterocycles. The molecule has 64 valence electrons. The van der Waals surface area contributed by atoms with E-state index in [0.29, 0.717) is 12.1 Å². The van der Waals surface area contributed by atoms with Gasteiger partial charge in [-0.2, -0.15) is 0 Å². The third kappa shape index (κ3) is 1.28. The topological polar surface area (TPSA) is 35.5 Å². The maximum atomic E-state index is 8.83. The van der Waals surface area contributed by atoms with Crippen LogP contribution in [-0.4, -0.2) is 35.3 Å². The predicted molar refractivity (Wildman–Crippen MR) is 42.5 cm³/mol. The van der Waals surface area contributed by atoms with Gasteiger partial charge >= 0.3 is 0 Å². The standard InChI is InChI=1S/C8H16N2O/c11-9-7-4-6-10-5-2-1-3-8(7)10/h7-9,11H,1-6H2. The lowest BCUT2D eigenvalue weighted by molar-refractivity contribution is 0.0883. The Bertz CT molecular complexity index is 134. The number of nitrogens with one attached hydrogen (secondary N) is 1. The van der Waals surface area contributed by atoms with Gasteiger partial charge in [-0.25, -0.2) is 5.48 Å². The van der Waals surface area contributed by atoms with Crippen molar-refractivity contribution in [3.8, 4) is 0 Å². The van der Waals surface area contributed by atoms with E-state index in [-0.39, 0.29) is 0 Å². The second-order valence-electron chi connectivity index (χ2n) is 3.62. The van der Waals surface area contributed by atoms with Gasteiger partial charge in [-0.3, -0.25) is 4.90 Å². The third-order valence-corrected chi connectivity index (χ3v) is 3.02. The van der Waals surface area contributed by atoms with Crippen LogP contribution in [0, 0.1) is 0 Å². The van der Waals surface area contributed by atoms with Crippen LogP contribution in [-0.2, 0) is 0 Å². The highest BCUT2D eigenvalue weighted by Crippen LogP contribution is 2.26. The molecule has 2 unspecified atom stereocenters. The molecule has 2 atom stereocenters. The Kier molecular flexibility index (Phi) is 2.11. The maximum absolute atomic E-state index is 8.83. The Balaban J connectivity index is 1.98. The molecule has 2 N–H and O–H groups in total. The van der Waals surface area contributed by atoms with Crippen molar-refractivity contribution >= 4 is 0 Å². The van der Waals surface area contributed by atoms with Crippen molar-refractivity contribution < 1.29 is 5.21 Å². The van der Waals surface area contributed by atoms with Crippen molar-refractivity contribution in [2.24, 2.45) is 0 Å². The first-order valence-electron chi connectivity index (χ1n) is 4.55. The summed E-state index contributed by atoms with van der Waals surface area (Å²) in [7, 11) is 0. The Morgan fingerprint density at radius 1 is 1.18 bits per heavy atom. The number of hydrogen-bond acceptors (Lipinski definition) is 3. The molecule has 0 bridgehead atoms. The van der Waals surface area contributed by atoms with Gasteiger partial charge in [-0.05, 0) is 25.8 Å². The second kappa shape index (κ2) is 3.09. The molecule has 11 heavy (non-hydrogen) atoms. The van der Waals surface area contributed by atoms with E-state index in [1.165, 1.54) is 32.4 Å². The Morgan fingerprint density at radius 2 is 2.09 bits per heavy atom. The summed E-state index contributed by atoms with van der Waals surface area (Å²) in [4.78, 5) is 2.50. The van der Waals surface area contributed by atoms with Crippen molar-refractivity contribution in [2.75, 3.05) is 13.1 Å². The van der Waals surface area contributed by atoms with Crippen LogP contribution in [0.5, 0.6) is 0 Å². The van der Waals surface area contributed by atoms with Gasteiger partial charge in [-0.15, -0.1) is 0 Å². The summed E-state index contributed by atoms with van der Waals surface area (Å²) in [5.41, 5.74) is 2.42. The molecule has 3 heteroatoms. The van der Waals surface area contributed by atoms with Crippen LogP contribution < -0.4 is 5.48 Å². The van der Waals surface area contributed by atoms with Crippen LogP contribution in [0.4, 0.5) is 0 Å². The van der Waals surface area contributed by atoms with Crippen LogP contribution in [0.3, 0.4) is 0 Å². The van der Waals surface area contributed by atoms with E-state index in [2.05, 4.69) is 10.4 Å². The summed E-state index contributed by atoms with van der Waals surface area (Å²) in [5.74, 6) is 0. The average molecular weight is 156 g/mol. The van der Waals surface area contributed by atoms with Crippen LogP contribution in [0.25, 0.3) is 0 Å². The molecule has 0 radical (unpaired) electrons. The predicted octanol–water partition coefficient (Wildman–Crippen LogP) is 0.592. The molecule has 2 rings (SSSR count). The summed E-state index contributed by atoms with van der Waals surface area (Å²) >= 11 is 0. The van der Waals surface area contributed by atoms with Crippen molar-refractivity contribution in [2.45, 2.75) is 37.8 Å². The fraction of sp³-hybridized carbons (Fsp3) is 1.00. The Hall–Kier alpha value is -0.120. The zero-order valence-electron chi connectivity index (χ0n) is 6.79. The van der Waals surface area contributed by atoms with Crippen LogP contribution in [0.1, 0.15) is 25.7 Å². The summed E-state index contributed by atoms with van der Waals surface area (Å²) in [5, 5.41) is 8.83. The first-order chi connectivity index (χ1) is 5.42. The highest BCUT2D eigenvalue weighted by Gasteiger charge is 2.34. The summed E-state index contributed by atoms with van der Waals surface area (Å²) in [6.07, 6.45) is 5.05. The number of hydrogen-bond donors (Lipinski definition) is 2. The molecule has 0 aliphatic carbocycles. The Morgan fingerprint density at radius 3 is 2.91 bits per heavy atom. The number of rotatable bonds is 1. The quantitative estimate of drug-likeness (QED) is 0.545. The van der Waals surface area contributed by atoms with Gasteiger partial charge in [0.1, 0.15) is 0 Å². The lowest BCUT2D eigenvalue weighted by atomic mass is 10.00. The second-order valence-corrected chi connectivity index (χ2v) is 3.62. The number of piperidine rings is 1. The van der Waals surface area contributed by atoms with E-state index < -0.39 is 0 Å². The Labute approximate surface area is 67.3 Å². The molecule has 2 fully saturated rings. The molecule has 2 aliphatic heterocycles. The zero-order valence-corrected chi connectivity index (χ0v) is 6.79. The number of hydroxylamine groups is 1. The normalized spacial score (nSPS) is 39.0. The zero-order chi connectivity index (χ0) is 7.68. The first kappa shape index (κ1) is 7.53. The lowest BCUT2D eigenvalue weighted by Gasteiger charge is -2.31. The third-order valence-electron chi connectivity index (χ3n) is 3.02. The lowest BCUT2D eigenvalue weighted by Crippen LogP contribution is -2.43. The van der Waals surface area contributed by atoms with E-state index >= 15 is 0 Å². The summed E-state index contributed by atoms with van der Waals surface area (Å²) in [6, 6.07) is 0.962. The van der Waals surface area contributed by atoms with Gasteiger partial charge in [0.05, 0.1) is 0 Å². The van der Waals surface area contributed by atoms with E-state index in [1.807, 2.05) is 0 Å². The minimum Gasteiger partial charge on any atom is -0.316 e. The van der Waals surface area contributed by atoms with Gasteiger partial charge in [-0.1, -0.05) is 6.42 Å². The molecule has 0 spiro atoms. The van der Waals surface area contributed by atoms with Gasteiger partial charge in [0.2, 0.25) is 0 Å². The van der Waals surface area contributed by atoms with E-state index in [4.69, 9.17) is 5.21 Å². The van der Waals surface area contributed by atoms with Gasteiger partial charge in [0.15, 0.2) is 0 Å². The van der Waals surface area contributed by atoms with E-state index in [1.54, 1.807) is 0 Å². The molecule has 0 saturated carbocycles. The molecular weight excluding hydrogens is 140 g/mol. The average Bonchev–Trinajstić information content (AvgIpc) is 2.47. The summed E-state index contributed by atoms with van der Waals surface area (Å²) in [6.45, 7) is 2.41. The number of nitrogens with zero attached hydrogens (tertiary/aromatic N) is 1. The molecular formula is C8H16N2O. The van der Waals surface area contributed by atoms with Gasteiger partial charge in [0, 0.05) is 18.6 Å². The van der Waals surface area contributed by atoms with Crippen LogP contribution >= 0.6 is 0 Å². The SMILES string of the molecule is ONC1CCN2CCCCC12. The molecule has 2 aliphatic rings. The maximum Gasteiger partial charge on any atom is 0.0487 e. The van der Waals surface area contributed by atoms with Crippen molar-refractivity contribution in [3.05, 3.63) is 0 Å². The van der Waals surface area contributed by atoms with Gasteiger partial charge < -0.3 is 5.21 Å². The molecule has 0 aromatic rings. The van der Waals surface area contributed by atoms with Crippen molar-refractivity contribution in [1.29, 1.82) is 0 Å². The smallest absolute Gasteiger partial charge is 0.0487 e. The fourth-order valence-electron chi connectivity index (χ4n) is 2.40. The van der Waals surface area contributed by atoms with Crippen molar-refractivity contribution in [1.82, 2.24) is 10.4 Å². The largest absolute Gasteiger partial charge is 0.316 e.